The lowest BCUT2D eigenvalue weighted by Gasteiger charge is -2.25. The molecule has 3 rings (SSSR count). The van der Waals surface area contributed by atoms with Crippen LogP contribution in [0.1, 0.15) is 51.1 Å². The summed E-state index contributed by atoms with van der Waals surface area (Å²) in [5.74, 6) is -1.80. The van der Waals surface area contributed by atoms with Gasteiger partial charge in [0.25, 0.3) is 0 Å². The molecule has 9 heteroatoms. The van der Waals surface area contributed by atoms with Gasteiger partial charge in [0.1, 0.15) is 11.5 Å². The van der Waals surface area contributed by atoms with Gasteiger partial charge in [0.2, 0.25) is 11.6 Å². The first-order valence-electron chi connectivity index (χ1n) is 10.7. The van der Waals surface area contributed by atoms with E-state index in [9.17, 15) is 19.8 Å². The van der Waals surface area contributed by atoms with E-state index in [0.717, 1.165) is 12.8 Å². The summed E-state index contributed by atoms with van der Waals surface area (Å²) in [6, 6.07) is 5.81. The van der Waals surface area contributed by atoms with Crippen LogP contribution in [0.5, 0.6) is 11.5 Å². The van der Waals surface area contributed by atoms with Crippen molar-refractivity contribution >= 4 is 22.9 Å². The van der Waals surface area contributed by atoms with Crippen LogP contribution in [0.15, 0.2) is 24.3 Å². The molecule has 0 saturated heterocycles. The van der Waals surface area contributed by atoms with Gasteiger partial charge in [-0.15, -0.1) is 0 Å². The summed E-state index contributed by atoms with van der Waals surface area (Å²) in [6.07, 6.45) is 2.28. The first-order valence-corrected chi connectivity index (χ1v) is 10.7. The topological polar surface area (TPSA) is 151 Å². The molecule has 7 N–H and O–H groups in total. The largest absolute Gasteiger partial charge is 0.507 e. The van der Waals surface area contributed by atoms with Gasteiger partial charge in [-0.25, -0.2) is 0 Å². The molecular formula is C23H29N3O6. The normalized spacial score (nSPS) is 12.4. The molecule has 0 atom stereocenters. The summed E-state index contributed by atoms with van der Waals surface area (Å²) >= 11 is 0. The minimum Gasteiger partial charge on any atom is -0.507 e. The summed E-state index contributed by atoms with van der Waals surface area (Å²) < 4.78 is 0. The minimum absolute atomic E-state index is 0.0145. The predicted octanol–water partition coefficient (Wildman–Crippen LogP) is 1.44. The number of phenols is 2. The SMILES string of the molecule is O=C1c2c(O)ccc(O)c2C(=O)c2c(NCCNCCO)ccc(NCCCCCO)c21. The highest BCUT2D eigenvalue weighted by molar-refractivity contribution is 6.33. The standard InChI is InChI=1S/C23H29N3O6/c27-12-3-1-2-8-25-14-4-5-15(26-10-9-24-11-13-28)19-18(14)22(31)20-16(29)6-7-17(30)21(20)23(19)32/h4-7,24-30H,1-3,8-13H2. The van der Waals surface area contributed by atoms with Crippen LogP contribution in [0.25, 0.3) is 0 Å². The minimum atomic E-state index is -0.544. The molecule has 9 nitrogen and oxygen atoms in total. The van der Waals surface area contributed by atoms with Crippen LogP contribution in [0.3, 0.4) is 0 Å². The average Bonchev–Trinajstić information content (AvgIpc) is 2.78. The molecule has 0 amide bonds. The molecule has 0 aliphatic heterocycles. The van der Waals surface area contributed by atoms with E-state index >= 15 is 0 Å². The van der Waals surface area contributed by atoms with Crippen molar-refractivity contribution in [3.63, 3.8) is 0 Å². The van der Waals surface area contributed by atoms with Crippen LogP contribution in [-0.4, -0.2) is 71.4 Å². The van der Waals surface area contributed by atoms with Crippen LogP contribution < -0.4 is 16.0 Å². The third-order valence-electron chi connectivity index (χ3n) is 5.33. The van der Waals surface area contributed by atoms with Crippen molar-refractivity contribution in [3.8, 4) is 11.5 Å². The maximum atomic E-state index is 13.4. The van der Waals surface area contributed by atoms with E-state index in [1.165, 1.54) is 12.1 Å². The van der Waals surface area contributed by atoms with Crippen molar-refractivity contribution in [1.82, 2.24) is 5.32 Å². The summed E-state index contributed by atoms with van der Waals surface area (Å²) in [5.41, 5.74) is 0.810. The molecule has 32 heavy (non-hydrogen) atoms. The third kappa shape index (κ3) is 4.85. The van der Waals surface area contributed by atoms with Crippen molar-refractivity contribution < 1.29 is 30.0 Å². The first kappa shape index (κ1) is 23.5. The van der Waals surface area contributed by atoms with E-state index < -0.39 is 11.6 Å². The lowest BCUT2D eigenvalue weighted by molar-refractivity contribution is 0.0975. The van der Waals surface area contributed by atoms with Crippen LogP contribution in [0.4, 0.5) is 11.4 Å². The van der Waals surface area contributed by atoms with Gasteiger partial charge in [0.15, 0.2) is 0 Å². The molecule has 1 aliphatic rings. The first-order chi connectivity index (χ1) is 15.5. The maximum absolute atomic E-state index is 13.4. The third-order valence-corrected chi connectivity index (χ3v) is 5.33. The quantitative estimate of drug-likeness (QED) is 0.163. The Morgan fingerprint density at radius 2 is 1.16 bits per heavy atom. The zero-order valence-electron chi connectivity index (χ0n) is 17.8. The van der Waals surface area contributed by atoms with E-state index in [2.05, 4.69) is 16.0 Å². The fourth-order valence-corrected chi connectivity index (χ4v) is 3.79. The molecular weight excluding hydrogens is 414 g/mol. The number of hydrogen-bond donors (Lipinski definition) is 7. The molecule has 0 fully saturated rings. The average molecular weight is 444 g/mol. The van der Waals surface area contributed by atoms with Crippen molar-refractivity contribution in [2.75, 3.05) is 50.0 Å². The fourth-order valence-electron chi connectivity index (χ4n) is 3.79. The van der Waals surface area contributed by atoms with E-state index in [4.69, 9.17) is 10.2 Å². The Hall–Kier alpha value is -3.14. The number of phenolic OH excluding ortho intramolecular Hbond substituents is 2. The van der Waals surface area contributed by atoms with Crippen molar-refractivity contribution in [3.05, 3.63) is 46.5 Å². The van der Waals surface area contributed by atoms with Crippen molar-refractivity contribution in [2.45, 2.75) is 19.3 Å². The van der Waals surface area contributed by atoms with Gasteiger partial charge in [-0.1, -0.05) is 0 Å². The number of unbranched alkanes of at least 4 members (excludes halogenated alkanes) is 2. The lowest BCUT2D eigenvalue weighted by atomic mass is 9.81. The number of hydrogen-bond acceptors (Lipinski definition) is 9. The van der Waals surface area contributed by atoms with Crippen molar-refractivity contribution in [1.29, 1.82) is 0 Å². The number of benzene rings is 2. The summed E-state index contributed by atoms with van der Waals surface area (Å²) in [7, 11) is 0. The molecule has 0 unspecified atom stereocenters. The number of carbonyl (C=O) groups excluding carboxylic acids is 2. The van der Waals surface area contributed by atoms with Gasteiger partial charge >= 0.3 is 0 Å². The molecule has 0 radical (unpaired) electrons. The number of anilines is 2. The molecule has 0 aromatic heterocycles. The Morgan fingerprint density at radius 3 is 1.69 bits per heavy atom. The Morgan fingerprint density at radius 1 is 0.594 bits per heavy atom. The Kier molecular flexibility index (Phi) is 8.04. The molecule has 1 aliphatic carbocycles. The van der Waals surface area contributed by atoms with Gasteiger partial charge < -0.3 is 36.4 Å². The number of aliphatic hydroxyl groups excluding tert-OH is 2. The number of ketones is 2. The van der Waals surface area contributed by atoms with Gasteiger partial charge in [-0.2, -0.15) is 0 Å². The number of nitrogens with one attached hydrogen (secondary N) is 3. The Balaban J connectivity index is 1.97. The second-order valence-electron chi connectivity index (χ2n) is 7.53. The summed E-state index contributed by atoms with van der Waals surface area (Å²) in [5, 5.41) is 47.7. The van der Waals surface area contributed by atoms with E-state index in [1.807, 2.05) is 0 Å². The molecule has 172 valence electrons. The number of rotatable bonds is 12. The van der Waals surface area contributed by atoms with Crippen LogP contribution >= 0.6 is 0 Å². The van der Waals surface area contributed by atoms with Gasteiger partial charge in [0, 0.05) is 44.2 Å². The zero-order chi connectivity index (χ0) is 23.1. The number of carbonyl (C=O) groups is 2. The van der Waals surface area contributed by atoms with E-state index in [1.54, 1.807) is 12.1 Å². The second kappa shape index (κ2) is 10.9. The molecule has 2 aromatic carbocycles. The van der Waals surface area contributed by atoms with E-state index in [0.29, 0.717) is 44.0 Å². The van der Waals surface area contributed by atoms with Crippen LogP contribution in [0, 0.1) is 0 Å². The maximum Gasteiger partial charge on any atom is 0.200 e. The second-order valence-corrected chi connectivity index (χ2v) is 7.53. The zero-order valence-corrected chi connectivity index (χ0v) is 17.8. The lowest BCUT2D eigenvalue weighted by Crippen LogP contribution is -2.27. The Bertz CT molecular complexity index is 914. The van der Waals surface area contributed by atoms with E-state index in [-0.39, 0.29) is 47.0 Å². The molecule has 0 saturated carbocycles. The van der Waals surface area contributed by atoms with Crippen LogP contribution in [0.2, 0.25) is 0 Å². The highest BCUT2D eigenvalue weighted by atomic mass is 16.3. The smallest absolute Gasteiger partial charge is 0.200 e. The molecule has 0 bridgehead atoms. The highest BCUT2D eigenvalue weighted by Crippen LogP contribution is 2.42. The fraction of sp³-hybridized carbons (Fsp3) is 0.391. The molecule has 0 heterocycles. The highest BCUT2D eigenvalue weighted by Gasteiger charge is 2.37. The summed E-state index contributed by atoms with van der Waals surface area (Å²) in [4.78, 5) is 26.8. The number of aromatic hydroxyl groups is 2. The van der Waals surface area contributed by atoms with Gasteiger partial charge in [0.05, 0.1) is 28.9 Å². The van der Waals surface area contributed by atoms with Crippen molar-refractivity contribution in [2.24, 2.45) is 0 Å². The number of aliphatic hydroxyl groups is 2. The Labute approximate surface area is 186 Å². The summed E-state index contributed by atoms with van der Waals surface area (Å²) in [6.45, 7) is 2.10. The number of fused-ring (bicyclic) bond motifs is 2. The van der Waals surface area contributed by atoms with Gasteiger partial charge in [-0.05, 0) is 43.5 Å². The van der Waals surface area contributed by atoms with Gasteiger partial charge in [-0.3, -0.25) is 9.59 Å². The molecule has 0 spiro atoms. The monoisotopic (exact) mass is 443 g/mol. The molecule has 2 aromatic rings. The van der Waals surface area contributed by atoms with Crippen LogP contribution in [-0.2, 0) is 0 Å². The predicted molar refractivity (Wildman–Crippen MR) is 121 cm³/mol.